The second kappa shape index (κ2) is 5.59. The Labute approximate surface area is 143 Å². The van der Waals surface area contributed by atoms with Crippen LogP contribution >= 0.6 is 0 Å². The number of pyridine rings is 1. The SMILES string of the molecule is Cc1ccc(C2NCCc3nc4cc(C(F)(F)F)ccn4c32)cc1C. The lowest BCUT2D eigenvalue weighted by Gasteiger charge is -2.25. The molecule has 6 heteroatoms. The molecule has 1 aliphatic heterocycles. The highest BCUT2D eigenvalue weighted by Gasteiger charge is 2.32. The van der Waals surface area contributed by atoms with Crippen LogP contribution in [0.5, 0.6) is 0 Å². The van der Waals surface area contributed by atoms with Crippen LogP contribution < -0.4 is 5.32 Å². The molecular weight excluding hydrogens is 327 g/mol. The van der Waals surface area contributed by atoms with Gasteiger partial charge in [-0.3, -0.25) is 0 Å². The highest BCUT2D eigenvalue weighted by atomic mass is 19.4. The fraction of sp³-hybridized carbons (Fsp3) is 0.316. The summed E-state index contributed by atoms with van der Waals surface area (Å²) >= 11 is 0. The van der Waals surface area contributed by atoms with Crippen molar-refractivity contribution < 1.29 is 13.2 Å². The Balaban J connectivity index is 1.87. The minimum absolute atomic E-state index is 0.0743. The molecule has 3 heterocycles. The molecule has 1 aromatic carbocycles. The Kier molecular flexibility index (Phi) is 3.61. The number of nitrogens with one attached hydrogen (secondary N) is 1. The molecule has 3 nitrogen and oxygen atoms in total. The summed E-state index contributed by atoms with van der Waals surface area (Å²) < 4.78 is 40.7. The first-order chi connectivity index (χ1) is 11.8. The molecule has 0 aliphatic carbocycles. The Morgan fingerprint density at radius 2 is 1.92 bits per heavy atom. The number of rotatable bonds is 1. The van der Waals surface area contributed by atoms with E-state index in [1.54, 1.807) is 4.40 Å². The van der Waals surface area contributed by atoms with Gasteiger partial charge in [0.2, 0.25) is 0 Å². The van der Waals surface area contributed by atoms with Crippen LogP contribution in [0, 0.1) is 13.8 Å². The highest BCUT2D eigenvalue weighted by molar-refractivity contribution is 5.50. The zero-order valence-corrected chi connectivity index (χ0v) is 14.0. The summed E-state index contributed by atoms with van der Waals surface area (Å²) in [5.41, 5.74) is 4.98. The lowest BCUT2D eigenvalue weighted by Crippen LogP contribution is -2.31. The summed E-state index contributed by atoms with van der Waals surface area (Å²) in [6.45, 7) is 4.87. The maximum Gasteiger partial charge on any atom is 0.416 e. The van der Waals surface area contributed by atoms with E-state index in [1.807, 2.05) is 0 Å². The molecule has 1 unspecified atom stereocenters. The quantitative estimate of drug-likeness (QED) is 0.716. The first-order valence-corrected chi connectivity index (χ1v) is 8.23. The molecular formula is C19H18F3N3. The molecule has 2 aromatic heterocycles. The van der Waals surface area contributed by atoms with Gasteiger partial charge in [0.25, 0.3) is 0 Å². The van der Waals surface area contributed by atoms with E-state index in [0.29, 0.717) is 12.1 Å². The summed E-state index contributed by atoms with van der Waals surface area (Å²) in [5, 5.41) is 3.48. The van der Waals surface area contributed by atoms with Crippen molar-refractivity contribution >= 4 is 5.65 Å². The predicted molar refractivity (Wildman–Crippen MR) is 89.7 cm³/mol. The second-order valence-corrected chi connectivity index (χ2v) is 6.57. The minimum atomic E-state index is -4.36. The number of fused-ring (bicyclic) bond motifs is 3. The molecule has 130 valence electrons. The largest absolute Gasteiger partial charge is 0.416 e. The van der Waals surface area contributed by atoms with Gasteiger partial charge < -0.3 is 9.72 Å². The second-order valence-electron chi connectivity index (χ2n) is 6.57. The molecule has 25 heavy (non-hydrogen) atoms. The molecule has 4 rings (SSSR count). The fourth-order valence-electron chi connectivity index (χ4n) is 3.43. The number of alkyl halides is 3. The number of hydrogen-bond acceptors (Lipinski definition) is 2. The van der Waals surface area contributed by atoms with E-state index in [-0.39, 0.29) is 6.04 Å². The first kappa shape index (κ1) is 16.1. The van der Waals surface area contributed by atoms with Gasteiger partial charge in [-0.1, -0.05) is 18.2 Å². The molecule has 0 saturated carbocycles. The van der Waals surface area contributed by atoms with Gasteiger partial charge in [-0.05, 0) is 42.7 Å². The summed E-state index contributed by atoms with van der Waals surface area (Å²) in [6.07, 6.45) is -2.18. The van der Waals surface area contributed by atoms with E-state index < -0.39 is 11.7 Å². The summed E-state index contributed by atoms with van der Waals surface area (Å²) in [6, 6.07) is 8.43. The Morgan fingerprint density at radius 1 is 1.12 bits per heavy atom. The van der Waals surface area contributed by atoms with Crippen LogP contribution in [0.1, 0.15) is 39.7 Å². The molecule has 0 amide bonds. The number of aryl methyl sites for hydroxylation is 2. The van der Waals surface area contributed by atoms with Crippen molar-refractivity contribution in [2.75, 3.05) is 6.54 Å². The third-order valence-electron chi connectivity index (χ3n) is 4.91. The van der Waals surface area contributed by atoms with Gasteiger partial charge in [0.1, 0.15) is 5.65 Å². The number of halogens is 3. The van der Waals surface area contributed by atoms with Crippen LogP contribution in [0.3, 0.4) is 0 Å². The van der Waals surface area contributed by atoms with Crippen molar-refractivity contribution in [3.63, 3.8) is 0 Å². The average Bonchev–Trinajstić information content (AvgIpc) is 2.94. The third kappa shape index (κ3) is 2.70. The Hall–Kier alpha value is -2.34. The van der Waals surface area contributed by atoms with Crippen LogP contribution in [-0.2, 0) is 12.6 Å². The third-order valence-corrected chi connectivity index (χ3v) is 4.91. The molecule has 3 aromatic rings. The first-order valence-electron chi connectivity index (χ1n) is 8.23. The van der Waals surface area contributed by atoms with Gasteiger partial charge in [0.15, 0.2) is 0 Å². The van der Waals surface area contributed by atoms with Gasteiger partial charge in [0.05, 0.1) is 23.0 Å². The van der Waals surface area contributed by atoms with Crippen LogP contribution in [-0.4, -0.2) is 15.9 Å². The maximum absolute atomic E-state index is 13.0. The minimum Gasteiger partial charge on any atom is -0.305 e. The van der Waals surface area contributed by atoms with Crippen molar-refractivity contribution in [3.05, 3.63) is 70.2 Å². The molecule has 1 N–H and O–H groups in total. The monoisotopic (exact) mass is 345 g/mol. The van der Waals surface area contributed by atoms with Crippen LogP contribution in [0.4, 0.5) is 13.2 Å². The Morgan fingerprint density at radius 3 is 2.64 bits per heavy atom. The molecule has 1 aliphatic rings. The molecule has 0 spiro atoms. The normalized spacial score (nSPS) is 17.7. The van der Waals surface area contributed by atoms with Gasteiger partial charge in [0, 0.05) is 19.2 Å². The van der Waals surface area contributed by atoms with Crippen LogP contribution in [0.15, 0.2) is 36.5 Å². The zero-order valence-electron chi connectivity index (χ0n) is 14.0. The van der Waals surface area contributed by atoms with Crippen molar-refractivity contribution in [1.82, 2.24) is 14.7 Å². The smallest absolute Gasteiger partial charge is 0.305 e. The van der Waals surface area contributed by atoms with Crippen LogP contribution in [0.2, 0.25) is 0 Å². The van der Waals surface area contributed by atoms with Gasteiger partial charge in [-0.2, -0.15) is 13.2 Å². The van der Waals surface area contributed by atoms with Gasteiger partial charge in [-0.25, -0.2) is 4.98 Å². The average molecular weight is 345 g/mol. The van der Waals surface area contributed by atoms with Crippen molar-refractivity contribution in [2.45, 2.75) is 32.5 Å². The zero-order chi connectivity index (χ0) is 17.8. The highest BCUT2D eigenvalue weighted by Crippen LogP contribution is 2.33. The summed E-state index contributed by atoms with van der Waals surface area (Å²) in [4.78, 5) is 4.47. The summed E-state index contributed by atoms with van der Waals surface area (Å²) in [7, 11) is 0. The fourth-order valence-corrected chi connectivity index (χ4v) is 3.43. The van der Waals surface area contributed by atoms with E-state index in [4.69, 9.17) is 0 Å². The van der Waals surface area contributed by atoms with Gasteiger partial charge >= 0.3 is 6.18 Å². The molecule has 0 saturated heterocycles. The van der Waals surface area contributed by atoms with Crippen molar-refractivity contribution in [3.8, 4) is 0 Å². The number of aromatic nitrogens is 2. The van der Waals surface area contributed by atoms with E-state index >= 15 is 0 Å². The van der Waals surface area contributed by atoms with E-state index in [9.17, 15) is 13.2 Å². The van der Waals surface area contributed by atoms with Crippen molar-refractivity contribution in [2.24, 2.45) is 0 Å². The van der Waals surface area contributed by atoms with E-state index in [0.717, 1.165) is 35.6 Å². The number of nitrogens with zero attached hydrogens (tertiary/aromatic N) is 2. The number of hydrogen-bond donors (Lipinski definition) is 1. The van der Waals surface area contributed by atoms with Crippen molar-refractivity contribution in [1.29, 1.82) is 0 Å². The lowest BCUT2D eigenvalue weighted by molar-refractivity contribution is -0.137. The number of benzene rings is 1. The topological polar surface area (TPSA) is 29.3 Å². The van der Waals surface area contributed by atoms with E-state index in [2.05, 4.69) is 42.3 Å². The Bertz CT molecular complexity index is 956. The molecule has 1 atom stereocenters. The molecule has 0 radical (unpaired) electrons. The van der Waals surface area contributed by atoms with Crippen LogP contribution in [0.25, 0.3) is 5.65 Å². The van der Waals surface area contributed by atoms with Gasteiger partial charge in [-0.15, -0.1) is 0 Å². The lowest BCUT2D eigenvalue weighted by atomic mass is 9.95. The maximum atomic E-state index is 13.0. The molecule has 0 fully saturated rings. The summed E-state index contributed by atoms with van der Waals surface area (Å²) in [5.74, 6) is 0. The predicted octanol–water partition coefficient (Wildman–Crippen LogP) is 4.21. The van der Waals surface area contributed by atoms with E-state index in [1.165, 1.54) is 17.3 Å². The standard InChI is InChI=1S/C19H18F3N3/c1-11-3-4-13(9-12(11)2)17-18-15(5-7-23-17)24-16-10-14(19(20,21)22)6-8-25(16)18/h3-4,6,8-10,17,23H,5,7H2,1-2H3. The number of imidazole rings is 1. The molecule has 0 bridgehead atoms.